The van der Waals surface area contributed by atoms with Crippen molar-refractivity contribution < 1.29 is 0 Å². The number of hydrogen-bond acceptors (Lipinski definition) is 2. The molecule has 19 heavy (non-hydrogen) atoms. The van der Waals surface area contributed by atoms with Crippen molar-refractivity contribution in [2.75, 3.05) is 0 Å². The Kier molecular flexibility index (Phi) is 3.67. The van der Waals surface area contributed by atoms with Crippen LogP contribution >= 0.6 is 46.8 Å². The molecule has 3 aromatic rings. The quantitative estimate of drug-likeness (QED) is 0.646. The van der Waals surface area contributed by atoms with Crippen molar-refractivity contribution >= 4 is 57.8 Å². The first kappa shape index (κ1) is 13.2. The summed E-state index contributed by atoms with van der Waals surface area (Å²) in [6, 6.07) is 5.81. The van der Waals surface area contributed by atoms with E-state index in [0.29, 0.717) is 14.8 Å². The molecule has 2 aromatic heterocycles. The summed E-state index contributed by atoms with van der Waals surface area (Å²) in [5.41, 5.74) is 3.24. The van der Waals surface area contributed by atoms with E-state index in [1.165, 1.54) is 5.56 Å². The molecule has 0 saturated carbocycles. The number of thiophene rings is 1. The monoisotopic (exact) mass is 328 g/mol. The summed E-state index contributed by atoms with van der Waals surface area (Å²) in [5, 5.41) is 5.32. The normalized spacial score (nSPS) is 11.3. The Morgan fingerprint density at radius 2 is 2.05 bits per heavy atom. The van der Waals surface area contributed by atoms with Gasteiger partial charge in [0, 0.05) is 6.54 Å². The molecule has 0 fully saturated rings. The molecule has 6 heteroatoms. The van der Waals surface area contributed by atoms with Crippen molar-refractivity contribution in [3.63, 3.8) is 0 Å². The van der Waals surface area contributed by atoms with Crippen molar-refractivity contribution in [2.24, 2.45) is 0 Å². The van der Waals surface area contributed by atoms with Crippen molar-refractivity contribution in [2.45, 2.75) is 13.0 Å². The van der Waals surface area contributed by atoms with Crippen LogP contribution in [-0.4, -0.2) is 9.55 Å². The molecule has 2 heterocycles. The number of aryl methyl sites for hydroxylation is 2. The zero-order chi connectivity index (χ0) is 13.4. The number of aromatic nitrogens is 2. The number of benzene rings is 1. The van der Waals surface area contributed by atoms with Crippen LogP contribution in [0.3, 0.4) is 0 Å². The van der Waals surface area contributed by atoms with Gasteiger partial charge in [0.25, 0.3) is 0 Å². The maximum absolute atomic E-state index is 6.08. The maximum Gasteiger partial charge on any atom is 0.178 e. The fourth-order valence-electron chi connectivity index (χ4n) is 2.05. The minimum Gasteiger partial charge on any atom is -0.331 e. The third-order valence-corrected chi connectivity index (χ3v) is 4.80. The molecule has 0 unspecified atom stereocenters. The Morgan fingerprint density at radius 1 is 1.26 bits per heavy atom. The molecule has 0 aliphatic heterocycles. The minimum absolute atomic E-state index is 0.537. The second-order valence-corrected chi connectivity index (χ2v) is 6.23. The molecular weight excluding hydrogens is 319 g/mol. The van der Waals surface area contributed by atoms with Gasteiger partial charge in [-0.3, -0.25) is 0 Å². The van der Waals surface area contributed by atoms with Gasteiger partial charge in [-0.1, -0.05) is 23.2 Å². The first-order chi connectivity index (χ1) is 9.15. The van der Waals surface area contributed by atoms with Gasteiger partial charge in [0.15, 0.2) is 4.77 Å². The van der Waals surface area contributed by atoms with E-state index in [9.17, 15) is 0 Å². The van der Waals surface area contributed by atoms with Gasteiger partial charge in [-0.2, -0.15) is 11.3 Å². The Balaban J connectivity index is 2.00. The average molecular weight is 329 g/mol. The molecule has 1 aromatic carbocycles. The summed E-state index contributed by atoms with van der Waals surface area (Å²) in [5.74, 6) is 0. The first-order valence-electron chi connectivity index (χ1n) is 5.74. The highest BCUT2D eigenvalue weighted by Gasteiger charge is 2.08. The highest BCUT2D eigenvalue weighted by atomic mass is 35.5. The Labute approximate surface area is 129 Å². The molecule has 0 radical (unpaired) electrons. The molecule has 0 aliphatic rings. The Morgan fingerprint density at radius 3 is 2.79 bits per heavy atom. The molecule has 2 nitrogen and oxygen atoms in total. The number of rotatable bonds is 3. The Hall–Kier alpha value is -0.810. The lowest BCUT2D eigenvalue weighted by Crippen LogP contribution is -2.00. The van der Waals surface area contributed by atoms with Crippen LogP contribution in [0.25, 0.3) is 11.0 Å². The predicted molar refractivity (Wildman–Crippen MR) is 85.2 cm³/mol. The van der Waals surface area contributed by atoms with E-state index >= 15 is 0 Å². The maximum atomic E-state index is 6.08. The van der Waals surface area contributed by atoms with Crippen LogP contribution in [0.2, 0.25) is 10.0 Å². The number of nitrogens with zero attached hydrogens (tertiary/aromatic N) is 1. The molecule has 3 rings (SSSR count). The highest BCUT2D eigenvalue weighted by Crippen LogP contribution is 2.27. The van der Waals surface area contributed by atoms with Crippen LogP contribution in [0.15, 0.2) is 29.0 Å². The number of hydrogen-bond donors (Lipinski definition) is 1. The molecule has 0 amide bonds. The molecule has 0 saturated heterocycles. The van der Waals surface area contributed by atoms with E-state index in [-0.39, 0.29) is 0 Å². The molecule has 0 atom stereocenters. The number of nitrogens with one attached hydrogen (secondary N) is 1. The van der Waals surface area contributed by atoms with E-state index in [4.69, 9.17) is 35.4 Å². The Bertz CT molecular complexity index is 772. The van der Waals surface area contributed by atoms with Crippen molar-refractivity contribution in [3.05, 3.63) is 49.3 Å². The summed E-state index contributed by atoms with van der Waals surface area (Å²) >= 11 is 19.2. The third-order valence-electron chi connectivity index (χ3n) is 3.02. The summed E-state index contributed by atoms with van der Waals surface area (Å²) in [4.78, 5) is 3.16. The largest absolute Gasteiger partial charge is 0.331 e. The predicted octanol–water partition coefficient (Wildman–Crippen LogP) is 5.31. The molecule has 0 bridgehead atoms. The number of H-pyrrole nitrogens is 1. The standard InChI is InChI=1S/C13H10Cl2N2S2/c14-9-5-11-12(6-10(9)15)17(13(18)16-11)3-1-8-2-4-19-7-8/h2,4-7H,1,3H2,(H,16,18). The highest BCUT2D eigenvalue weighted by molar-refractivity contribution is 7.71. The summed E-state index contributed by atoms with van der Waals surface area (Å²) in [7, 11) is 0. The van der Waals surface area contributed by atoms with Gasteiger partial charge in [0.2, 0.25) is 0 Å². The fourth-order valence-corrected chi connectivity index (χ4v) is 3.37. The smallest absolute Gasteiger partial charge is 0.178 e. The van der Waals surface area contributed by atoms with E-state index in [1.54, 1.807) is 11.3 Å². The van der Waals surface area contributed by atoms with Gasteiger partial charge >= 0.3 is 0 Å². The van der Waals surface area contributed by atoms with E-state index in [1.807, 2.05) is 12.1 Å². The third kappa shape index (κ3) is 2.58. The van der Waals surface area contributed by atoms with Gasteiger partial charge in [0.1, 0.15) is 0 Å². The van der Waals surface area contributed by atoms with Gasteiger partial charge in [0.05, 0.1) is 21.1 Å². The number of halogens is 2. The minimum atomic E-state index is 0.537. The summed E-state index contributed by atoms with van der Waals surface area (Å²) in [6.07, 6.45) is 0.949. The summed E-state index contributed by atoms with van der Waals surface area (Å²) in [6.45, 7) is 0.827. The van der Waals surface area contributed by atoms with Gasteiger partial charge in [-0.15, -0.1) is 0 Å². The molecular formula is C13H10Cl2N2S2. The number of fused-ring (bicyclic) bond motifs is 1. The number of aromatic amines is 1. The lowest BCUT2D eigenvalue weighted by molar-refractivity contribution is 0.708. The number of imidazole rings is 1. The molecule has 0 spiro atoms. The SMILES string of the molecule is S=c1[nH]c2cc(Cl)c(Cl)cc2n1CCc1ccsc1. The van der Waals surface area contributed by atoms with Crippen LogP contribution in [-0.2, 0) is 13.0 Å². The van der Waals surface area contributed by atoms with Gasteiger partial charge in [-0.25, -0.2) is 0 Å². The van der Waals surface area contributed by atoms with E-state index in [2.05, 4.69) is 26.4 Å². The van der Waals surface area contributed by atoms with Crippen LogP contribution in [0, 0.1) is 4.77 Å². The van der Waals surface area contributed by atoms with Crippen LogP contribution < -0.4 is 0 Å². The average Bonchev–Trinajstić information content (AvgIpc) is 2.96. The van der Waals surface area contributed by atoms with Crippen LogP contribution in [0.5, 0.6) is 0 Å². The lowest BCUT2D eigenvalue weighted by atomic mass is 10.2. The van der Waals surface area contributed by atoms with E-state index < -0.39 is 0 Å². The van der Waals surface area contributed by atoms with Crippen molar-refractivity contribution in [1.82, 2.24) is 9.55 Å². The zero-order valence-corrected chi connectivity index (χ0v) is 13.0. The lowest BCUT2D eigenvalue weighted by Gasteiger charge is -2.04. The molecule has 1 N–H and O–H groups in total. The van der Waals surface area contributed by atoms with Gasteiger partial charge < -0.3 is 9.55 Å². The second-order valence-electron chi connectivity index (χ2n) is 4.25. The zero-order valence-electron chi connectivity index (χ0n) is 9.82. The van der Waals surface area contributed by atoms with Crippen molar-refractivity contribution in [3.8, 4) is 0 Å². The van der Waals surface area contributed by atoms with Crippen LogP contribution in [0.4, 0.5) is 0 Å². The topological polar surface area (TPSA) is 20.7 Å². The van der Waals surface area contributed by atoms with Crippen LogP contribution in [0.1, 0.15) is 5.56 Å². The first-order valence-corrected chi connectivity index (χ1v) is 7.84. The fraction of sp³-hybridized carbons (Fsp3) is 0.154. The molecule has 98 valence electrons. The summed E-state index contributed by atoms with van der Waals surface area (Å²) < 4.78 is 2.76. The van der Waals surface area contributed by atoms with Crippen molar-refractivity contribution in [1.29, 1.82) is 0 Å². The second kappa shape index (κ2) is 5.29. The molecule has 0 aliphatic carbocycles. The van der Waals surface area contributed by atoms with Gasteiger partial charge in [-0.05, 0) is 53.2 Å². The van der Waals surface area contributed by atoms with E-state index in [0.717, 1.165) is 24.0 Å².